The minimum absolute atomic E-state index is 0.0138. The van der Waals surface area contributed by atoms with E-state index in [1.165, 1.54) is 6.07 Å². The van der Waals surface area contributed by atoms with Gasteiger partial charge in [0.2, 0.25) is 5.91 Å². The van der Waals surface area contributed by atoms with Crippen molar-refractivity contribution in [3.8, 4) is 5.75 Å². The molecule has 0 spiro atoms. The third kappa shape index (κ3) is 6.63. The van der Waals surface area contributed by atoms with Gasteiger partial charge in [0, 0.05) is 43.6 Å². The summed E-state index contributed by atoms with van der Waals surface area (Å²) in [6.45, 7) is 8.07. The Morgan fingerprint density at radius 2 is 1.85 bits per heavy atom. The van der Waals surface area contributed by atoms with Gasteiger partial charge in [0.05, 0.1) is 17.1 Å². The molecule has 1 aliphatic heterocycles. The van der Waals surface area contributed by atoms with Gasteiger partial charge in [-0.25, -0.2) is 9.97 Å². The van der Waals surface area contributed by atoms with Gasteiger partial charge in [-0.3, -0.25) is 9.59 Å². The fourth-order valence-corrected chi connectivity index (χ4v) is 5.07. The van der Waals surface area contributed by atoms with Crippen molar-refractivity contribution < 1.29 is 27.5 Å². The lowest BCUT2D eigenvalue weighted by Crippen LogP contribution is -2.36. The van der Waals surface area contributed by atoms with Gasteiger partial charge in [-0.2, -0.15) is 13.2 Å². The molecule has 0 aliphatic carbocycles. The van der Waals surface area contributed by atoms with Crippen molar-refractivity contribution in [2.75, 3.05) is 24.1 Å². The number of rotatable bonds is 7. The minimum atomic E-state index is -4.53. The highest BCUT2D eigenvalue weighted by Gasteiger charge is 2.32. The van der Waals surface area contributed by atoms with Crippen molar-refractivity contribution in [2.24, 2.45) is 0 Å². The summed E-state index contributed by atoms with van der Waals surface area (Å²) in [6, 6.07) is 6.54. The van der Waals surface area contributed by atoms with Crippen LogP contribution in [0.15, 0.2) is 30.3 Å². The Morgan fingerprint density at radius 1 is 1.15 bits per heavy atom. The number of nitrogen functional groups attached to an aromatic ring is 1. The van der Waals surface area contributed by atoms with Crippen LogP contribution in [0.1, 0.15) is 80.9 Å². The highest BCUT2D eigenvalue weighted by atomic mass is 19.4. The molecule has 1 aromatic heterocycles. The Bertz CT molecular complexity index is 1420. The zero-order valence-corrected chi connectivity index (χ0v) is 23.1. The van der Waals surface area contributed by atoms with E-state index in [2.05, 4.69) is 15.3 Å². The van der Waals surface area contributed by atoms with E-state index >= 15 is 0 Å². The van der Waals surface area contributed by atoms with Crippen LogP contribution in [0.4, 0.5) is 24.7 Å². The number of hydrogen-bond donors (Lipinski definition) is 2. The molecule has 1 atom stereocenters. The second-order valence-corrected chi connectivity index (χ2v) is 10.3. The van der Waals surface area contributed by atoms with E-state index in [0.717, 1.165) is 17.7 Å². The van der Waals surface area contributed by atoms with Gasteiger partial charge in [-0.1, -0.05) is 6.92 Å². The first-order valence-electron chi connectivity index (χ1n) is 13.4. The first-order valence-corrected chi connectivity index (χ1v) is 13.4. The van der Waals surface area contributed by atoms with Crippen LogP contribution in [-0.2, 0) is 15.8 Å². The number of ether oxygens (including phenoxy) is 1. The highest BCUT2D eigenvalue weighted by molar-refractivity contribution is 5.92. The Labute approximate surface area is 231 Å². The van der Waals surface area contributed by atoms with Crippen LogP contribution < -0.4 is 15.8 Å². The summed E-state index contributed by atoms with van der Waals surface area (Å²) in [6.07, 6.45) is -2.22. The quantitative estimate of drug-likeness (QED) is 0.204. The fourth-order valence-electron chi connectivity index (χ4n) is 5.07. The number of halogens is 3. The molecule has 0 unspecified atom stereocenters. The van der Waals surface area contributed by atoms with Crippen LogP contribution in [-0.4, -0.2) is 39.8 Å². The maximum atomic E-state index is 13.4. The Morgan fingerprint density at radius 3 is 2.48 bits per heavy atom. The molecule has 2 aromatic carbocycles. The van der Waals surface area contributed by atoms with Crippen LogP contribution in [0.2, 0.25) is 0 Å². The number of alkyl halides is 3. The number of anilines is 2. The summed E-state index contributed by atoms with van der Waals surface area (Å²) < 4.78 is 46.0. The Balaban J connectivity index is 1.75. The molecule has 2 heterocycles. The SMILES string of the molecule is CCCC(=O)Oc1cc2nc(C)nc(N[C@H](C)c3cc(N)cc(C(F)(F)F)c3)c2cc1C1CCN(C(C)=O)CC1. The van der Waals surface area contributed by atoms with Crippen LogP contribution in [0.5, 0.6) is 5.75 Å². The van der Waals surface area contributed by atoms with Crippen LogP contribution in [0, 0.1) is 6.92 Å². The summed E-state index contributed by atoms with van der Waals surface area (Å²) in [5.41, 5.74) is 6.69. The molecule has 4 rings (SSSR count). The third-order valence-electron chi connectivity index (χ3n) is 7.16. The molecular formula is C29H34F3N5O3. The number of aromatic nitrogens is 2. The number of aryl methyl sites for hydroxylation is 1. The molecular weight excluding hydrogens is 523 g/mol. The van der Waals surface area contributed by atoms with Gasteiger partial charge in [0.15, 0.2) is 0 Å². The van der Waals surface area contributed by atoms with E-state index in [9.17, 15) is 22.8 Å². The summed E-state index contributed by atoms with van der Waals surface area (Å²) >= 11 is 0. The van der Waals surface area contributed by atoms with Gasteiger partial charge >= 0.3 is 12.1 Å². The molecule has 11 heteroatoms. The number of hydrogen-bond acceptors (Lipinski definition) is 7. The number of amides is 1. The second-order valence-electron chi connectivity index (χ2n) is 10.3. The van der Waals surface area contributed by atoms with Gasteiger partial charge in [0.1, 0.15) is 17.4 Å². The molecule has 3 N–H and O–H groups in total. The Kier molecular flexibility index (Phi) is 8.51. The van der Waals surface area contributed by atoms with Gasteiger partial charge in [0.25, 0.3) is 0 Å². The number of nitrogens with two attached hydrogens (primary N) is 1. The second kappa shape index (κ2) is 11.7. The summed E-state index contributed by atoms with van der Waals surface area (Å²) in [5, 5.41) is 3.90. The number of esters is 1. The first kappa shape index (κ1) is 29.1. The molecule has 1 aliphatic rings. The molecule has 3 aromatic rings. The lowest BCUT2D eigenvalue weighted by molar-refractivity contribution is -0.137. The topological polar surface area (TPSA) is 110 Å². The maximum absolute atomic E-state index is 13.4. The number of carbonyl (C=O) groups is 2. The summed E-state index contributed by atoms with van der Waals surface area (Å²) in [5.74, 6) is 1.02. The van der Waals surface area contributed by atoms with E-state index in [0.29, 0.717) is 66.2 Å². The van der Waals surface area contributed by atoms with E-state index < -0.39 is 17.8 Å². The number of carbonyl (C=O) groups excluding carboxylic acids is 2. The summed E-state index contributed by atoms with van der Waals surface area (Å²) in [7, 11) is 0. The lowest BCUT2D eigenvalue weighted by atomic mass is 9.88. The molecule has 40 heavy (non-hydrogen) atoms. The number of nitrogens with one attached hydrogen (secondary N) is 1. The standard InChI is InChI=1S/C29H34F3N5O3/c1-5-6-27(39)40-26-15-25-24(14-23(26)19-7-9-37(10-8-19)18(4)38)28(36-17(3)35-25)34-16(2)20-11-21(29(30,31)32)13-22(33)12-20/h11-16,19H,5-10,33H2,1-4H3,(H,34,35,36)/t16-/m1/s1. The molecule has 1 fully saturated rings. The van der Waals surface area contributed by atoms with Crippen LogP contribution in [0.25, 0.3) is 10.9 Å². The average Bonchev–Trinajstić information content (AvgIpc) is 2.87. The average molecular weight is 558 g/mol. The molecule has 8 nitrogen and oxygen atoms in total. The molecule has 214 valence electrons. The first-order chi connectivity index (χ1) is 18.8. The molecule has 0 bridgehead atoms. The number of fused-ring (bicyclic) bond motifs is 1. The van der Waals surface area contributed by atoms with Crippen molar-refractivity contribution in [1.82, 2.24) is 14.9 Å². The minimum Gasteiger partial charge on any atom is -0.426 e. The number of nitrogens with zero attached hydrogens (tertiary/aromatic N) is 3. The zero-order valence-electron chi connectivity index (χ0n) is 23.1. The number of likely N-dealkylation sites (tertiary alicyclic amines) is 1. The number of benzene rings is 2. The molecule has 0 saturated carbocycles. The van der Waals surface area contributed by atoms with E-state index in [-0.39, 0.29) is 29.9 Å². The van der Waals surface area contributed by atoms with Crippen LogP contribution in [0.3, 0.4) is 0 Å². The molecule has 0 radical (unpaired) electrons. The largest absolute Gasteiger partial charge is 0.426 e. The monoisotopic (exact) mass is 557 g/mol. The number of piperidine rings is 1. The molecule has 1 saturated heterocycles. The van der Waals surface area contributed by atoms with E-state index in [1.54, 1.807) is 31.7 Å². The van der Waals surface area contributed by atoms with Gasteiger partial charge in [-0.05, 0) is 74.4 Å². The van der Waals surface area contributed by atoms with Crippen LogP contribution >= 0.6 is 0 Å². The smallest absolute Gasteiger partial charge is 0.416 e. The molecule has 1 amide bonds. The third-order valence-corrected chi connectivity index (χ3v) is 7.16. The van der Waals surface area contributed by atoms with Gasteiger partial charge in [-0.15, -0.1) is 0 Å². The fraction of sp³-hybridized carbons (Fsp3) is 0.448. The van der Waals surface area contributed by atoms with Crippen molar-refractivity contribution in [3.63, 3.8) is 0 Å². The maximum Gasteiger partial charge on any atom is 0.416 e. The summed E-state index contributed by atoms with van der Waals surface area (Å²) in [4.78, 5) is 35.2. The Hall–Kier alpha value is -3.89. The van der Waals surface area contributed by atoms with Crippen molar-refractivity contribution in [1.29, 1.82) is 0 Å². The predicted octanol–water partition coefficient (Wildman–Crippen LogP) is 6.14. The van der Waals surface area contributed by atoms with E-state index in [4.69, 9.17) is 10.5 Å². The lowest BCUT2D eigenvalue weighted by Gasteiger charge is -2.32. The zero-order chi connectivity index (χ0) is 29.2. The van der Waals surface area contributed by atoms with Crippen molar-refractivity contribution in [3.05, 3.63) is 52.8 Å². The van der Waals surface area contributed by atoms with Gasteiger partial charge < -0.3 is 20.7 Å². The van der Waals surface area contributed by atoms with E-state index in [1.807, 2.05) is 13.0 Å². The van der Waals surface area contributed by atoms with Crippen molar-refractivity contribution in [2.45, 2.75) is 71.5 Å². The van der Waals surface area contributed by atoms with Crippen molar-refractivity contribution >= 4 is 34.3 Å². The normalized spacial score (nSPS) is 15.2. The highest BCUT2D eigenvalue weighted by Crippen LogP contribution is 2.39. The predicted molar refractivity (Wildman–Crippen MR) is 147 cm³/mol.